The maximum absolute atomic E-state index is 12.2. The second kappa shape index (κ2) is 6.30. The first-order valence-corrected chi connectivity index (χ1v) is 8.39. The van der Waals surface area contributed by atoms with Gasteiger partial charge in [-0.2, -0.15) is 0 Å². The van der Waals surface area contributed by atoms with Crippen LogP contribution in [0.2, 0.25) is 0 Å². The van der Waals surface area contributed by atoms with E-state index < -0.39 is 13.0 Å². The highest BCUT2D eigenvalue weighted by Crippen LogP contribution is 2.38. The molecule has 2 heterocycles. The van der Waals surface area contributed by atoms with E-state index in [1.165, 1.54) is 41.2 Å². The van der Waals surface area contributed by atoms with Gasteiger partial charge in [0.1, 0.15) is 0 Å². The Labute approximate surface area is 127 Å². The predicted octanol–water partition coefficient (Wildman–Crippen LogP) is 3.30. The zero-order valence-corrected chi connectivity index (χ0v) is 12.7. The number of alkyl halides is 2. The fraction of sp³-hybridized carbons (Fsp3) is 0.667. The molecule has 1 fully saturated rings. The molecule has 0 bridgehead atoms. The maximum atomic E-state index is 12.2. The first kappa shape index (κ1) is 14.8. The maximum Gasteiger partial charge on any atom is 0.261 e. The van der Waals surface area contributed by atoms with Crippen molar-refractivity contribution >= 4 is 22.2 Å². The third-order valence-corrected chi connectivity index (χ3v) is 5.25. The number of carbonyl (C=O) groups is 1. The van der Waals surface area contributed by atoms with Crippen LogP contribution in [0, 0.1) is 5.92 Å². The smallest absolute Gasteiger partial charge is 0.261 e. The molecule has 21 heavy (non-hydrogen) atoms. The molecule has 0 unspecified atom stereocenters. The molecule has 3 rings (SSSR count). The van der Waals surface area contributed by atoms with E-state index in [1.807, 2.05) is 6.07 Å². The second-order valence-electron chi connectivity index (χ2n) is 5.89. The topological polar surface area (TPSA) is 32.3 Å². The molecule has 0 aromatic carbocycles. The molecule has 0 saturated heterocycles. The van der Waals surface area contributed by atoms with Gasteiger partial charge in [0.15, 0.2) is 0 Å². The monoisotopic (exact) mass is 314 g/mol. The largest absolute Gasteiger partial charge is 0.363 e. The van der Waals surface area contributed by atoms with Crippen LogP contribution in [0.4, 0.5) is 13.8 Å². The first-order valence-electron chi connectivity index (χ1n) is 7.57. The molecule has 1 aromatic rings. The summed E-state index contributed by atoms with van der Waals surface area (Å²) < 4.78 is 24.4. The van der Waals surface area contributed by atoms with Gasteiger partial charge in [-0.15, -0.1) is 11.3 Å². The number of halogens is 2. The lowest BCUT2D eigenvalue weighted by Crippen LogP contribution is -2.27. The van der Waals surface area contributed by atoms with E-state index in [9.17, 15) is 13.6 Å². The number of thiophene rings is 1. The lowest BCUT2D eigenvalue weighted by molar-refractivity contribution is 0.0895. The molecule has 1 aliphatic heterocycles. The average Bonchev–Trinajstić information content (AvgIpc) is 3.20. The molecule has 6 heteroatoms. The van der Waals surface area contributed by atoms with E-state index in [1.54, 1.807) is 0 Å². The Kier molecular flexibility index (Phi) is 4.42. The molecule has 0 atom stereocenters. The summed E-state index contributed by atoms with van der Waals surface area (Å²) in [6.45, 7) is 1.54. The van der Waals surface area contributed by atoms with E-state index in [0.29, 0.717) is 4.88 Å². The van der Waals surface area contributed by atoms with Crippen LogP contribution in [0.3, 0.4) is 0 Å². The molecule has 3 nitrogen and oxygen atoms in total. The van der Waals surface area contributed by atoms with Gasteiger partial charge in [0.2, 0.25) is 0 Å². The fourth-order valence-electron chi connectivity index (χ4n) is 2.74. The van der Waals surface area contributed by atoms with Gasteiger partial charge < -0.3 is 10.2 Å². The van der Waals surface area contributed by atoms with E-state index in [-0.39, 0.29) is 5.91 Å². The molecule has 1 N–H and O–H groups in total. The number of hydrogen-bond acceptors (Lipinski definition) is 3. The van der Waals surface area contributed by atoms with Crippen LogP contribution >= 0.6 is 11.3 Å². The molecule has 1 amide bonds. The van der Waals surface area contributed by atoms with Crippen LogP contribution in [0.15, 0.2) is 6.07 Å². The number of aryl methyl sites for hydroxylation is 1. The molecular formula is C15H20F2N2OS. The quantitative estimate of drug-likeness (QED) is 0.904. The average molecular weight is 314 g/mol. The van der Waals surface area contributed by atoms with Gasteiger partial charge in [0, 0.05) is 13.1 Å². The minimum absolute atomic E-state index is 0.375. The van der Waals surface area contributed by atoms with Crippen LogP contribution < -0.4 is 10.2 Å². The predicted molar refractivity (Wildman–Crippen MR) is 80.5 cm³/mol. The van der Waals surface area contributed by atoms with E-state index >= 15 is 0 Å². The summed E-state index contributed by atoms with van der Waals surface area (Å²) in [4.78, 5) is 14.9. The molecule has 116 valence electrons. The van der Waals surface area contributed by atoms with Crippen LogP contribution in [0.1, 0.15) is 40.9 Å². The van der Waals surface area contributed by atoms with Crippen LogP contribution in [0.25, 0.3) is 0 Å². The zero-order valence-electron chi connectivity index (χ0n) is 11.9. The summed E-state index contributed by atoms with van der Waals surface area (Å²) in [6.07, 6.45) is 3.40. The summed E-state index contributed by atoms with van der Waals surface area (Å²) in [7, 11) is 0. The van der Waals surface area contributed by atoms with E-state index in [4.69, 9.17) is 0 Å². The minimum atomic E-state index is -2.50. The van der Waals surface area contributed by atoms with Crippen molar-refractivity contribution in [1.82, 2.24) is 5.32 Å². The Hall–Kier alpha value is -1.17. The molecule has 1 saturated carbocycles. The van der Waals surface area contributed by atoms with Gasteiger partial charge in [-0.1, -0.05) is 0 Å². The fourth-order valence-corrected chi connectivity index (χ4v) is 3.90. The second-order valence-corrected chi connectivity index (χ2v) is 6.92. The number of carbonyl (C=O) groups excluding carboxylic acids is 1. The number of anilines is 1. The third-order valence-electron chi connectivity index (χ3n) is 4.01. The first-order chi connectivity index (χ1) is 10.1. The summed E-state index contributed by atoms with van der Waals surface area (Å²) in [6, 6.07) is 1.89. The van der Waals surface area contributed by atoms with Crippen LogP contribution in [-0.2, 0) is 6.42 Å². The van der Waals surface area contributed by atoms with Gasteiger partial charge >= 0.3 is 0 Å². The summed E-state index contributed by atoms with van der Waals surface area (Å²) in [5, 5.41) is 3.48. The van der Waals surface area contributed by atoms with Crippen molar-refractivity contribution in [2.45, 2.75) is 38.5 Å². The molecule has 1 aromatic heterocycles. The Morgan fingerprint density at radius 3 is 2.95 bits per heavy atom. The number of amides is 1. The van der Waals surface area contributed by atoms with Gasteiger partial charge in [0.25, 0.3) is 12.3 Å². The standard InChI is InChI=1S/C15H20F2N2OS/c16-13(17)8-18-14(20)12-7-11-3-1-2-6-19(15(11)21-12)9-10-4-5-10/h7,10,13H,1-6,8-9H2,(H,18,20). The highest BCUT2D eigenvalue weighted by Gasteiger charge is 2.28. The lowest BCUT2D eigenvalue weighted by atomic mass is 10.1. The Balaban J connectivity index is 1.74. The van der Waals surface area contributed by atoms with Gasteiger partial charge in [-0.3, -0.25) is 4.79 Å². The lowest BCUT2D eigenvalue weighted by Gasteiger charge is -2.22. The normalized spacial score (nSPS) is 18.5. The highest BCUT2D eigenvalue weighted by atomic mass is 32.1. The van der Waals surface area contributed by atoms with Crippen molar-refractivity contribution in [2.75, 3.05) is 24.5 Å². The van der Waals surface area contributed by atoms with Gasteiger partial charge in [0.05, 0.1) is 16.4 Å². The van der Waals surface area contributed by atoms with Crippen LogP contribution in [-0.4, -0.2) is 32.0 Å². The van der Waals surface area contributed by atoms with Crippen molar-refractivity contribution in [3.05, 3.63) is 16.5 Å². The zero-order chi connectivity index (χ0) is 14.8. The minimum Gasteiger partial charge on any atom is -0.363 e. The molecular weight excluding hydrogens is 294 g/mol. The van der Waals surface area contributed by atoms with E-state index in [0.717, 1.165) is 31.8 Å². The SMILES string of the molecule is O=C(NCC(F)F)c1cc2c(s1)N(CC1CC1)CCCC2. The molecule has 0 spiro atoms. The van der Waals surface area contributed by atoms with Crippen molar-refractivity contribution in [2.24, 2.45) is 5.92 Å². The summed E-state index contributed by atoms with van der Waals surface area (Å²) in [5.74, 6) is 0.425. The van der Waals surface area contributed by atoms with Crippen molar-refractivity contribution < 1.29 is 13.6 Å². The molecule has 1 aliphatic carbocycles. The number of rotatable bonds is 5. The van der Waals surface area contributed by atoms with Crippen molar-refractivity contribution in [1.29, 1.82) is 0 Å². The number of nitrogens with zero attached hydrogens (tertiary/aromatic N) is 1. The molecule has 2 aliphatic rings. The third kappa shape index (κ3) is 3.73. The highest BCUT2D eigenvalue weighted by molar-refractivity contribution is 7.18. The number of fused-ring (bicyclic) bond motifs is 1. The van der Waals surface area contributed by atoms with Crippen LogP contribution in [0.5, 0.6) is 0 Å². The van der Waals surface area contributed by atoms with Gasteiger partial charge in [-0.05, 0) is 49.7 Å². The Morgan fingerprint density at radius 2 is 2.24 bits per heavy atom. The number of nitrogens with one attached hydrogen (secondary N) is 1. The Bertz CT molecular complexity index is 514. The summed E-state index contributed by atoms with van der Waals surface area (Å²) >= 11 is 1.46. The van der Waals surface area contributed by atoms with E-state index in [2.05, 4.69) is 10.2 Å². The van der Waals surface area contributed by atoms with Crippen molar-refractivity contribution in [3.8, 4) is 0 Å². The van der Waals surface area contributed by atoms with Crippen molar-refractivity contribution in [3.63, 3.8) is 0 Å². The van der Waals surface area contributed by atoms with Gasteiger partial charge in [-0.25, -0.2) is 8.78 Å². The number of hydrogen-bond donors (Lipinski definition) is 1. The summed E-state index contributed by atoms with van der Waals surface area (Å²) in [5.41, 5.74) is 1.21. The molecule has 0 radical (unpaired) electrons. The Morgan fingerprint density at radius 1 is 1.43 bits per heavy atom.